The highest BCUT2D eigenvalue weighted by atomic mass is 15.4. The van der Waals surface area contributed by atoms with Gasteiger partial charge in [0, 0.05) is 39.5 Å². The zero-order valence-corrected chi connectivity index (χ0v) is 30.0. The largest absolute Gasteiger partial charge is 0.452 e. The fourth-order valence-electron chi connectivity index (χ4n) is 10.0. The van der Waals surface area contributed by atoms with E-state index >= 15 is 0 Å². The first-order valence-electron chi connectivity index (χ1n) is 18.0. The Labute approximate surface area is 299 Å². The van der Waals surface area contributed by atoms with Gasteiger partial charge in [-0.15, -0.1) is 5.46 Å². The average Bonchev–Trinajstić information content (AvgIpc) is 3.44. The standard InChI is InChI=1S/C46H39BN4/c1-28-21-30(3)44(31(4)22-28)34-18-19-41-37(25-34)38-26-35(45-32(5)23-29(2)24-33(45)6)27-39-40-15-12-17-43-48-42-16-10-11-20-49(42)47(50(40)43,51(41)46(38)39)36-13-8-7-9-14-36/h7-27H,1-6H3. The maximum Gasteiger partial charge on any atom is 0.425 e. The summed E-state index contributed by atoms with van der Waals surface area (Å²) in [6, 6.07) is 39.1. The normalized spacial score (nSPS) is 16.8. The van der Waals surface area contributed by atoms with Gasteiger partial charge in [-0.3, -0.25) is 0 Å². The quantitative estimate of drug-likeness (QED) is 0.174. The molecule has 0 aliphatic carbocycles. The van der Waals surface area contributed by atoms with Crippen LogP contribution in [0.5, 0.6) is 0 Å². The Morgan fingerprint density at radius 2 is 1.27 bits per heavy atom. The van der Waals surface area contributed by atoms with Gasteiger partial charge in [-0.05, 0) is 134 Å². The predicted molar refractivity (Wildman–Crippen MR) is 214 cm³/mol. The fourth-order valence-corrected chi connectivity index (χ4v) is 10.0. The van der Waals surface area contributed by atoms with Gasteiger partial charge in [-0.1, -0.05) is 83.9 Å². The number of hydrogen-bond donors (Lipinski definition) is 0. The monoisotopic (exact) mass is 658 g/mol. The molecular weight excluding hydrogens is 619 g/mol. The second kappa shape index (κ2) is 10.5. The number of hydrogen-bond acceptors (Lipinski definition) is 2. The second-order valence-electron chi connectivity index (χ2n) is 14.9. The number of nitrogens with zero attached hydrogens (tertiary/aromatic N) is 4. The molecule has 0 saturated carbocycles. The highest BCUT2D eigenvalue weighted by molar-refractivity contribution is 6.85. The number of benzene rings is 5. The van der Waals surface area contributed by atoms with Crippen LogP contribution in [0.1, 0.15) is 33.4 Å². The lowest BCUT2D eigenvalue weighted by Crippen LogP contribution is -2.86. The molecule has 0 radical (unpaired) electrons. The van der Waals surface area contributed by atoms with Gasteiger partial charge >= 0.3 is 6.55 Å². The number of aromatic nitrogens is 2. The van der Waals surface area contributed by atoms with Crippen molar-refractivity contribution < 1.29 is 4.48 Å². The van der Waals surface area contributed by atoms with E-state index in [9.17, 15) is 0 Å². The Morgan fingerprint density at radius 1 is 0.608 bits per heavy atom. The molecule has 5 heteroatoms. The molecule has 3 aliphatic rings. The van der Waals surface area contributed by atoms with E-state index in [1.54, 1.807) is 0 Å². The van der Waals surface area contributed by atoms with Crippen LogP contribution in [0, 0.1) is 41.5 Å². The van der Waals surface area contributed by atoms with Crippen LogP contribution in [-0.4, -0.2) is 21.7 Å². The minimum atomic E-state index is -1.82. The Morgan fingerprint density at radius 3 is 1.98 bits per heavy atom. The Balaban J connectivity index is 1.42. The van der Waals surface area contributed by atoms with Gasteiger partial charge < -0.3 is 13.8 Å². The Kier molecular flexibility index (Phi) is 6.19. The van der Waals surface area contributed by atoms with Crippen molar-refractivity contribution in [1.29, 1.82) is 0 Å². The summed E-state index contributed by atoms with van der Waals surface area (Å²) >= 11 is 0. The van der Waals surface area contributed by atoms with Gasteiger partial charge in [0.2, 0.25) is 5.84 Å². The third-order valence-corrected chi connectivity index (χ3v) is 11.6. The van der Waals surface area contributed by atoms with Crippen LogP contribution >= 0.6 is 0 Å². The molecule has 0 N–H and O–H groups in total. The lowest BCUT2D eigenvalue weighted by Gasteiger charge is -2.53. The smallest absolute Gasteiger partial charge is 0.425 e. The van der Waals surface area contributed by atoms with Gasteiger partial charge in [-0.2, -0.15) is 0 Å². The molecule has 51 heavy (non-hydrogen) atoms. The van der Waals surface area contributed by atoms with Crippen molar-refractivity contribution >= 4 is 45.5 Å². The molecule has 5 heterocycles. The summed E-state index contributed by atoms with van der Waals surface area (Å²) in [7, 11) is 0. The SMILES string of the molecule is Cc1cc(C)c(-c2ccc3c(c2)c2cc(-c4c(C)cc(C)cc4C)cc4c2n3[B-]2(c3ccccc3)N3C=CC=CC3=Nc3cccc-4[n+]32)c(C)c1. The lowest BCUT2D eigenvalue weighted by molar-refractivity contribution is -0.529. The molecular formula is C46H39BN4. The van der Waals surface area contributed by atoms with Crippen molar-refractivity contribution in [3.8, 4) is 33.5 Å². The zero-order chi connectivity index (χ0) is 34.8. The average molecular weight is 659 g/mol. The van der Waals surface area contributed by atoms with E-state index in [0.29, 0.717) is 0 Å². The maximum atomic E-state index is 5.30. The van der Waals surface area contributed by atoms with Crippen LogP contribution < -0.4 is 9.94 Å². The van der Waals surface area contributed by atoms with E-state index in [1.165, 1.54) is 94.2 Å². The Hall–Kier alpha value is -5.94. The Bertz CT molecular complexity index is 2720. The van der Waals surface area contributed by atoms with Crippen LogP contribution in [0.3, 0.4) is 0 Å². The van der Waals surface area contributed by atoms with E-state index in [-0.39, 0.29) is 0 Å². The summed E-state index contributed by atoms with van der Waals surface area (Å²) < 4.78 is 5.20. The molecule has 246 valence electrons. The maximum absolute atomic E-state index is 5.30. The third-order valence-electron chi connectivity index (χ3n) is 11.6. The van der Waals surface area contributed by atoms with E-state index in [1.807, 2.05) is 0 Å². The first kappa shape index (κ1) is 29.9. The molecule has 0 spiro atoms. The van der Waals surface area contributed by atoms with Crippen LogP contribution in [0.2, 0.25) is 0 Å². The zero-order valence-electron chi connectivity index (χ0n) is 30.0. The molecule has 0 amide bonds. The molecule has 3 aliphatic heterocycles. The minimum absolute atomic E-state index is 0.946. The van der Waals surface area contributed by atoms with Gasteiger partial charge in [0.25, 0.3) is 5.82 Å². The first-order valence-corrected chi connectivity index (χ1v) is 18.0. The molecule has 10 rings (SSSR count). The molecule has 4 nitrogen and oxygen atoms in total. The van der Waals surface area contributed by atoms with E-state index < -0.39 is 6.55 Å². The van der Waals surface area contributed by atoms with Crippen molar-refractivity contribution in [1.82, 2.24) is 9.29 Å². The molecule has 1 atom stereocenters. The minimum Gasteiger partial charge on any atom is -0.452 e. The third kappa shape index (κ3) is 3.97. The number of pyridine rings is 1. The van der Waals surface area contributed by atoms with E-state index in [4.69, 9.17) is 4.99 Å². The van der Waals surface area contributed by atoms with Gasteiger partial charge in [0.15, 0.2) is 0 Å². The highest BCUT2D eigenvalue weighted by Gasteiger charge is 2.53. The summed E-state index contributed by atoms with van der Waals surface area (Å²) in [6.45, 7) is 11.6. The van der Waals surface area contributed by atoms with Crippen LogP contribution in [0.25, 0.3) is 55.3 Å². The molecule has 0 bridgehead atoms. The number of fused-ring (bicyclic) bond motifs is 7. The summed E-state index contributed by atoms with van der Waals surface area (Å²) in [5.74, 6) is 1.90. The predicted octanol–water partition coefficient (Wildman–Crippen LogP) is 9.92. The highest BCUT2D eigenvalue weighted by Crippen LogP contribution is 2.47. The van der Waals surface area contributed by atoms with Crippen molar-refractivity contribution in [2.75, 3.05) is 0 Å². The van der Waals surface area contributed by atoms with Crippen molar-refractivity contribution in [3.63, 3.8) is 0 Å². The van der Waals surface area contributed by atoms with Crippen molar-refractivity contribution in [3.05, 3.63) is 161 Å². The van der Waals surface area contributed by atoms with E-state index in [2.05, 4.69) is 183 Å². The summed E-state index contributed by atoms with van der Waals surface area (Å²) in [6.07, 6.45) is 8.61. The van der Waals surface area contributed by atoms with Crippen molar-refractivity contribution in [2.45, 2.75) is 41.5 Å². The molecule has 0 saturated heterocycles. The number of allylic oxidation sites excluding steroid dienone is 2. The first-order chi connectivity index (χ1) is 24.8. The van der Waals surface area contributed by atoms with Gasteiger partial charge in [-0.25, -0.2) is 0 Å². The second-order valence-corrected chi connectivity index (χ2v) is 14.9. The van der Waals surface area contributed by atoms with Gasteiger partial charge in [0.1, 0.15) is 0 Å². The molecule has 0 fully saturated rings. The molecule has 5 aromatic carbocycles. The summed E-state index contributed by atoms with van der Waals surface area (Å²) in [4.78, 5) is 7.73. The number of aliphatic imine (C=N–C) groups is 1. The van der Waals surface area contributed by atoms with Crippen LogP contribution in [0.4, 0.5) is 5.82 Å². The number of amidine groups is 1. The summed E-state index contributed by atoms with van der Waals surface area (Å²) in [5, 5.41) is 2.54. The topological polar surface area (TPSA) is 24.4 Å². The van der Waals surface area contributed by atoms with Crippen LogP contribution in [-0.2, 0) is 0 Å². The number of rotatable bonds is 3. The summed E-state index contributed by atoms with van der Waals surface area (Å²) in [5.41, 5.74) is 19.1. The molecule has 1 unspecified atom stereocenters. The van der Waals surface area contributed by atoms with Crippen LogP contribution in [0.15, 0.2) is 133 Å². The van der Waals surface area contributed by atoms with Gasteiger partial charge in [0.05, 0.1) is 5.69 Å². The number of aryl methyl sites for hydroxylation is 6. The van der Waals surface area contributed by atoms with Crippen molar-refractivity contribution in [2.24, 2.45) is 4.99 Å². The molecule has 7 aromatic rings. The van der Waals surface area contributed by atoms with E-state index in [0.717, 1.165) is 11.7 Å². The fraction of sp³-hybridized carbons (Fsp3) is 0.130. The lowest BCUT2D eigenvalue weighted by atomic mass is 9.48. The molecule has 2 aromatic heterocycles.